The Bertz CT molecular complexity index is 538. The van der Waals surface area contributed by atoms with Gasteiger partial charge in [-0.15, -0.1) is 0 Å². The number of benzene rings is 1. The molecule has 1 aromatic carbocycles. The molecule has 0 radical (unpaired) electrons. The summed E-state index contributed by atoms with van der Waals surface area (Å²) < 4.78 is 5.53. The van der Waals surface area contributed by atoms with Crippen molar-refractivity contribution in [1.82, 2.24) is 0 Å². The minimum absolute atomic E-state index is 0.0674. The molecule has 0 amide bonds. The summed E-state index contributed by atoms with van der Waals surface area (Å²) in [4.78, 5) is 11.8. The van der Waals surface area contributed by atoms with Gasteiger partial charge in [-0.25, -0.2) is 0 Å². The third-order valence-corrected chi connectivity index (χ3v) is 2.48. The Morgan fingerprint density at radius 1 is 1.33 bits per heavy atom. The standard InChI is InChI=1S/C13H14O2/c1-3-5-10-6-4-7-12-13(10)11(14)8-9(2)15-12/h4,6-8H,3,5H2,1-2H3. The maximum absolute atomic E-state index is 11.8. The van der Waals surface area contributed by atoms with Crippen molar-refractivity contribution in [2.75, 3.05) is 0 Å². The van der Waals surface area contributed by atoms with Crippen LogP contribution < -0.4 is 5.43 Å². The molecule has 0 saturated carbocycles. The van der Waals surface area contributed by atoms with Gasteiger partial charge in [0.05, 0.1) is 5.39 Å². The summed E-state index contributed by atoms with van der Waals surface area (Å²) in [6, 6.07) is 7.35. The molecule has 2 aromatic rings. The van der Waals surface area contributed by atoms with Crippen LogP contribution in [0.4, 0.5) is 0 Å². The molecule has 0 atom stereocenters. The first kappa shape index (κ1) is 9.97. The van der Waals surface area contributed by atoms with Gasteiger partial charge in [-0.1, -0.05) is 25.5 Å². The van der Waals surface area contributed by atoms with Gasteiger partial charge < -0.3 is 4.42 Å². The highest BCUT2D eigenvalue weighted by Gasteiger charge is 2.06. The molecule has 1 heterocycles. The largest absolute Gasteiger partial charge is 0.461 e. The lowest BCUT2D eigenvalue weighted by Gasteiger charge is -2.04. The normalized spacial score (nSPS) is 10.8. The van der Waals surface area contributed by atoms with E-state index in [-0.39, 0.29) is 5.43 Å². The molecule has 78 valence electrons. The molecule has 15 heavy (non-hydrogen) atoms. The van der Waals surface area contributed by atoms with Gasteiger partial charge in [0.1, 0.15) is 11.3 Å². The second kappa shape index (κ2) is 3.89. The fraction of sp³-hybridized carbons (Fsp3) is 0.308. The van der Waals surface area contributed by atoms with Crippen molar-refractivity contribution < 1.29 is 4.42 Å². The van der Waals surface area contributed by atoms with E-state index >= 15 is 0 Å². The lowest BCUT2D eigenvalue weighted by molar-refractivity contribution is 0.564. The molecule has 0 N–H and O–H groups in total. The summed E-state index contributed by atoms with van der Waals surface area (Å²) in [5.74, 6) is 0.668. The Labute approximate surface area is 88.5 Å². The summed E-state index contributed by atoms with van der Waals surface area (Å²) in [6.07, 6.45) is 1.96. The number of rotatable bonds is 2. The fourth-order valence-corrected chi connectivity index (χ4v) is 1.88. The van der Waals surface area contributed by atoms with Crippen LogP contribution in [0.25, 0.3) is 11.0 Å². The molecule has 0 unspecified atom stereocenters. The van der Waals surface area contributed by atoms with E-state index in [2.05, 4.69) is 6.92 Å². The highest BCUT2D eigenvalue weighted by molar-refractivity contribution is 5.80. The first-order valence-electron chi connectivity index (χ1n) is 5.24. The molecule has 2 heteroatoms. The van der Waals surface area contributed by atoms with Crippen molar-refractivity contribution in [1.29, 1.82) is 0 Å². The Morgan fingerprint density at radius 3 is 2.87 bits per heavy atom. The molecule has 0 aliphatic heterocycles. The van der Waals surface area contributed by atoms with Crippen molar-refractivity contribution in [3.63, 3.8) is 0 Å². The van der Waals surface area contributed by atoms with E-state index in [9.17, 15) is 4.79 Å². The molecule has 2 nitrogen and oxygen atoms in total. The second-order valence-electron chi connectivity index (χ2n) is 3.76. The van der Waals surface area contributed by atoms with Crippen LogP contribution in [-0.4, -0.2) is 0 Å². The third-order valence-electron chi connectivity index (χ3n) is 2.48. The van der Waals surface area contributed by atoms with Gasteiger partial charge in [-0.05, 0) is 25.0 Å². The SMILES string of the molecule is CCCc1cccc2oc(C)cc(=O)c12. The highest BCUT2D eigenvalue weighted by Crippen LogP contribution is 2.17. The molecule has 0 bridgehead atoms. The van der Waals surface area contributed by atoms with Crippen LogP contribution >= 0.6 is 0 Å². The highest BCUT2D eigenvalue weighted by atomic mass is 16.3. The Kier molecular flexibility index (Phi) is 2.58. The molecule has 2 rings (SSSR count). The predicted octanol–water partition coefficient (Wildman–Crippen LogP) is 3.05. The Balaban J connectivity index is 2.79. The van der Waals surface area contributed by atoms with Crippen LogP contribution in [0.15, 0.2) is 33.5 Å². The van der Waals surface area contributed by atoms with Crippen LogP contribution in [0.5, 0.6) is 0 Å². The van der Waals surface area contributed by atoms with Crippen LogP contribution in [0, 0.1) is 6.92 Å². The minimum Gasteiger partial charge on any atom is -0.461 e. The number of hydrogen-bond acceptors (Lipinski definition) is 2. The van der Waals surface area contributed by atoms with Crippen molar-refractivity contribution in [3.8, 4) is 0 Å². The molecule has 0 fully saturated rings. The van der Waals surface area contributed by atoms with Gasteiger partial charge in [-0.2, -0.15) is 0 Å². The van der Waals surface area contributed by atoms with E-state index < -0.39 is 0 Å². The zero-order chi connectivity index (χ0) is 10.8. The van der Waals surface area contributed by atoms with Gasteiger partial charge in [0.25, 0.3) is 0 Å². The average molecular weight is 202 g/mol. The zero-order valence-corrected chi connectivity index (χ0v) is 9.04. The van der Waals surface area contributed by atoms with E-state index in [1.54, 1.807) is 13.0 Å². The van der Waals surface area contributed by atoms with Crippen molar-refractivity contribution >= 4 is 11.0 Å². The van der Waals surface area contributed by atoms with E-state index in [1.807, 2.05) is 18.2 Å². The maximum Gasteiger partial charge on any atom is 0.193 e. The number of fused-ring (bicyclic) bond motifs is 1. The van der Waals surface area contributed by atoms with E-state index in [0.717, 1.165) is 23.8 Å². The van der Waals surface area contributed by atoms with Gasteiger partial charge >= 0.3 is 0 Å². The molecule has 0 aliphatic rings. The summed E-state index contributed by atoms with van der Waals surface area (Å²) in [5, 5.41) is 0.741. The molecular formula is C13H14O2. The van der Waals surface area contributed by atoms with Crippen LogP contribution in [0.2, 0.25) is 0 Å². The van der Waals surface area contributed by atoms with Crippen molar-refractivity contribution in [2.24, 2.45) is 0 Å². The molecule has 1 aromatic heterocycles. The molecule has 0 aliphatic carbocycles. The zero-order valence-electron chi connectivity index (χ0n) is 9.04. The molecular weight excluding hydrogens is 188 g/mol. The van der Waals surface area contributed by atoms with Gasteiger partial charge in [0.15, 0.2) is 5.43 Å². The topological polar surface area (TPSA) is 30.2 Å². The van der Waals surface area contributed by atoms with Gasteiger partial charge in [0, 0.05) is 6.07 Å². The van der Waals surface area contributed by atoms with E-state index in [1.165, 1.54) is 0 Å². The van der Waals surface area contributed by atoms with E-state index in [0.29, 0.717) is 11.3 Å². The molecule has 0 spiro atoms. The van der Waals surface area contributed by atoms with Gasteiger partial charge in [-0.3, -0.25) is 4.79 Å². The number of aryl methyl sites for hydroxylation is 2. The van der Waals surface area contributed by atoms with Crippen LogP contribution in [0.1, 0.15) is 24.7 Å². The van der Waals surface area contributed by atoms with E-state index in [4.69, 9.17) is 4.42 Å². The van der Waals surface area contributed by atoms with Crippen molar-refractivity contribution in [2.45, 2.75) is 26.7 Å². The summed E-state index contributed by atoms with van der Waals surface area (Å²) in [5.41, 5.74) is 1.85. The smallest absolute Gasteiger partial charge is 0.193 e. The predicted molar refractivity (Wildman–Crippen MR) is 61.2 cm³/mol. The summed E-state index contributed by atoms with van der Waals surface area (Å²) >= 11 is 0. The summed E-state index contributed by atoms with van der Waals surface area (Å²) in [6.45, 7) is 3.90. The summed E-state index contributed by atoms with van der Waals surface area (Å²) in [7, 11) is 0. The van der Waals surface area contributed by atoms with Crippen LogP contribution in [-0.2, 0) is 6.42 Å². The van der Waals surface area contributed by atoms with Crippen LogP contribution in [0.3, 0.4) is 0 Å². The fourth-order valence-electron chi connectivity index (χ4n) is 1.88. The quantitative estimate of drug-likeness (QED) is 0.749. The van der Waals surface area contributed by atoms with Crippen molar-refractivity contribution in [3.05, 3.63) is 45.8 Å². The number of hydrogen-bond donors (Lipinski definition) is 0. The van der Waals surface area contributed by atoms with Gasteiger partial charge in [0.2, 0.25) is 0 Å². The minimum atomic E-state index is 0.0674. The Morgan fingerprint density at radius 2 is 2.13 bits per heavy atom. The third kappa shape index (κ3) is 1.80. The lowest BCUT2D eigenvalue weighted by atomic mass is 10.0. The maximum atomic E-state index is 11.8. The second-order valence-corrected chi connectivity index (χ2v) is 3.76. The first-order valence-corrected chi connectivity index (χ1v) is 5.24. The lowest BCUT2D eigenvalue weighted by Crippen LogP contribution is -2.03. The monoisotopic (exact) mass is 202 g/mol. The molecule has 0 saturated heterocycles. The first-order chi connectivity index (χ1) is 7.22. The Hall–Kier alpha value is -1.57. The average Bonchev–Trinajstić information content (AvgIpc) is 2.17.